The number of anilines is 1. The summed E-state index contributed by atoms with van der Waals surface area (Å²) in [6, 6.07) is 7.65. The van der Waals surface area contributed by atoms with Gasteiger partial charge in [0.2, 0.25) is 0 Å². The van der Waals surface area contributed by atoms with E-state index in [0.29, 0.717) is 5.56 Å². The predicted octanol–water partition coefficient (Wildman–Crippen LogP) is 3.24. The molecule has 0 spiro atoms. The molecular formula is C15H19N3OS. The zero-order valence-electron chi connectivity index (χ0n) is 11.9. The number of pyridine rings is 1. The maximum Gasteiger partial charge on any atom is 0.251 e. The molecule has 0 bridgehead atoms. The van der Waals surface area contributed by atoms with Crippen LogP contribution in [-0.4, -0.2) is 17.9 Å². The van der Waals surface area contributed by atoms with Crippen molar-refractivity contribution in [1.29, 1.82) is 0 Å². The Morgan fingerprint density at radius 1 is 1.45 bits per heavy atom. The van der Waals surface area contributed by atoms with Gasteiger partial charge in [-0.15, -0.1) is 11.3 Å². The van der Waals surface area contributed by atoms with Gasteiger partial charge in [0.1, 0.15) is 5.82 Å². The van der Waals surface area contributed by atoms with E-state index in [4.69, 9.17) is 0 Å². The van der Waals surface area contributed by atoms with Crippen LogP contribution in [0.5, 0.6) is 0 Å². The van der Waals surface area contributed by atoms with Crippen LogP contribution in [0.3, 0.4) is 0 Å². The average Bonchev–Trinajstić information content (AvgIpc) is 3.00. The van der Waals surface area contributed by atoms with Gasteiger partial charge in [-0.3, -0.25) is 4.79 Å². The van der Waals surface area contributed by atoms with Gasteiger partial charge in [-0.1, -0.05) is 13.0 Å². The molecule has 5 heteroatoms. The van der Waals surface area contributed by atoms with Gasteiger partial charge in [0.15, 0.2) is 0 Å². The summed E-state index contributed by atoms with van der Waals surface area (Å²) in [6.45, 7) is 4.02. The van der Waals surface area contributed by atoms with Crippen LogP contribution in [0, 0.1) is 0 Å². The Labute approximate surface area is 123 Å². The van der Waals surface area contributed by atoms with Crippen molar-refractivity contribution in [3.63, 3.8) is 0 Å². The Bertz CT molecular complexity index is 559. The monoisotopic (exact) mass is 289 g/mol. The molecule has 0 saturated carbocycles. The van der Waals surface area contributed by atoms with Gasteiger partial charge < -0.3 is 10.6 Å². The Hall–Kier alpha value is -1.88. The molecule has 2 rings (SSSR count). The fourth-order valence-corrected chi connectivity index (χ4v) is 2.65. The number of hydrogen-bond acceptors (Lipinski definition) is 4. The Kier molecular flexibility index (Phi) is 4.74. The second kappa shape index (κ2) is 6.52. The first-order valence-corrected chi connectivity index (χ1v) is 7.55. The summed E-state index contributed by atoms with van der Waals surface area (Å²) in [6.07, 6.45) is 0.802. The summed E-state index contributed by atoms with van der Waals surface area (Å²) in [5.41, 5.74) is 1.55. The van der Waals surface area contributed by atoms with Crippen LogP contribution in [-0.2, 0) is 6.42 Å². The number of rotatable bonds is 5. The largest absolute Gasteiger partial charge is 0.373 e. The summed E-state index contributed by atoms with van der Waals surface area (Å²) in [5.74, 6) is 0.651. The molecule has 0 aliphatic heterocycles. The van der Waals surface area contributed by atoms with E-state index in [9.17, 15) is 4.79 Å². The number of aromatic nitrogens is 1. The van der Waals surface area contributed by atoms with Crippen molar-refractivity contribution < 1.29 is 4.79 Å². The third-order valence-electron chi connectivity index (χ3n) is 3.08. The van der Waals surface area contributed by atoms with Gasteiger partial charge >= 0.3 is 0 Å². The lowest BCUT2D eigenvalue weighted by Crippen LogP contribution is -2.26. The molecule has 0 saturated heterocycles. The van der Waals surface area contributed by atoms with E-state index in [1.807, 2.05) is 37.4 Å². The molecular weight excluding hydrogens is 270 g/mol. The lowest BCUT2D eigenvalue weighted by molar-refractivity contribution is 0.0940. The van der Waals surface area contributed by atoms with E-state index in [1.54, 1.807) is 24.5 Å². The Morgan fingerprint density at radius 3 is 2.85 bits per heavy atom. The van der Waals surface area contributed by atoms with Gasteiger partial charge in [0, 0.05) is 23.2 Å². The van der Waals surface area contributed by atoms with E-state index in [2.05, 4.69) is 15.6 Å². The molecule has 2 N–H and O–H groups in total. The number of hydrogen-bond donors (Lipinski definition) is 2. The van der Waals surface area contributed by atoms with Crippen molar-refractivity contribution in [2.24, 2.45) is 0 Å². The lowest BCUT2D eigenvalue weighted by Gasteiger charge is -2.13. The van der Waals surface area contributed by atoms with Crippen LogP contribution in [0.2, 0.25) is 0 Å². The molecule has 0 aliphatic rings. The highest BCUT2D eigenvalue weighted by atomic mass is 32.1. The lowest BCUT2D eigenvalue weighted by atomic mass is 10.1. The second-order valence-corrected chi connectivity index (χ2v) is 5.53. The van der Waals surface area contributed by atoms with Crippen molar-refractivity contribution in [3.8, 4) is 0 Å². The molecule has 2 aromatic heterocycles. The summed E-state index contributed by atoms with van der Waals surface area (Å²) in [7, 11) is 1.80. The SMILES string of the molecule is CCc1cc(C(=O)NC(C)c2cccs2)cc(NC)n1. The highest BCUT2D eigenvalue weighted by Gasteiger charge is 2.13. The number of nitrogens with zero attached hydrogens (tertiary/aromatic N) is 1. The van der Waals surface area contributed by atoms with Gasteiger partial charge in [0.05, 0.1) is 6.04 Å². The molecule has 1 unspecified atom stereocenters. The molecule has 0 aromatic carbocycles. The Balaban J connectivity index is 2.16. The van der Waals surface area contributed by atoms with E-state index in [0.717, 1.165) is 22.8 Å². The standard InChI is InChI=1S/C15H19N3OS/c1-4-12-8-11(9-14(16-3)18-12)15(19)17-10(2)13-6-5-7-20-13/h5-10H,4H2,1-3H3,(H,16,18)(H,17,19). The smallest absolute Gasteiger partial charge is 0.251 e. The van der Waals surface area contributed by atoms with Gasteiger partial charge in [-0.2, -0.15) is 0 Å². The molecule has 1 amide bonds. The molecule has 0 fully saturated rings. The highest BCUT2D eigenvalue weighted by Crippen LogP contribution is 2.19. The van der Waals surface area contributed by atoms with Crippen LogP contribution in [0.1, 0.15) is 40.8 Å². The fraction of sp³-hybridized carbons (Fsp3) is 0.333. The number of thiophene rings is 1. The molecule has 20 heavy (non-hydrogen) atoms. The van der Waals surface area contributed by atoms with E-state index in [-0.39, 0.29) is 11.9 Å². The van der Waals surface area contributed by atoms with Gasteiger partial charge in [-0.25, -0.2) is 4.98 Å². The predicted molar refractivity (Wildman–Crippen MR) is 83.4 cm³/mol. The third-order valence-corrected chi connectivity index (χ3v) is 4.13. The van der Waals surface area contributed by atoms with Crippen molar-refractivity contribution in [2.75, 3.05) is 12.4 Å². The van der Waals surface area contributed by atoms with E-state index >= 15 is 0 Å². The topological polar surface area (TPSA) is 54.0 Å². The van der Waals surface area contributed by atoms with E-state index < -0.39 is 0 Å². The first-order chi connectivity index (χ1) is 9.63. The number of carbonyl (C=O) groups is 1. The summed E-state index contributed by atoms with van der Waals surface area (Å²) in [4.78, 5) is 17.9. The minimum atomic E-state index is -0.0699. The molecule has 0 radical (unpaired) electrons. The Morgan fingerprint density at radius 2 is 2.25 bits per heavy atom. The summed E-state index contributed by atoms with van der Waals surface area (Å²) < 4.78 is 0. The van der Waals surface area contributed by atoms with Crippen LogP contribution >= 0.6 is 11.3 Å². The van der Waals surface area contributed by atoms with Crippen LogP contribution in [0.4, 0.5) is 5.82 Å². The number of carbonyl (C=O) groups excluding carboxylic acids is 1. The second-order valence-electron chi connectivity index (χ2n) is 4.55. The van der Waals surface area contributed by atoms with Gasteiger partial charge in [0.25, 0.3) is 5.91 Å². The zero-order valence-corrected chi connectivity index (χ0v) is 12.8. The number of amides is 1. The number of nitrogens with one attached hydrogen (secondary N) is 2. The molecule has 106 valence electrons. The maximum atomic E-state index is 12.3. The van der Waals surface area contributed by atoms with Crippen LogP contribution in [0.25, 0.3) is 0 Å². The van der Waals surface area contributed by atoms with Crippen molar-refractivity contribution >= 4 is 23.1 Å². The first kappa shape index (κ1) is 14.5. The first-order valence-electron chi connectivity index (χ1n) is 6.67. The van der Waals surface area contributed by atoms with Crippen molar-refractivity contribution in [1.82, 2.24) is 10.3 Å². The fourth-order valence-electron chi connectivity index (χ4n) is 1.92. The third kappa shape index (κ3) is 3.36. The van der Waals surface area contributed by atoms with Crippen LogP contribution in [0.15, 0.2) is 29.6 Å². The summed E-state index contributed by atoms with van der Waals surface area (Å²) >= 11 is 1.64. The highest BCUT2D eigenvalue weighted by molar-refractivity contribution is 7.10. The molecule has 4 nitrogen and oxygen atoms in total. The quantitative estimate of drug-likeness (QED) is 0.888. The summed E-state index contributed by atoms with van der Waals surface area (Å²) in [5, 5.41) is 8.02. The number of aryl methyl sites for hydroxylation is 1. The molecule has 2 heterocycles. The minimum Gasteiger partial charge on any atom is -0.373 e. The average molecular weight is 289 g/mol. The van der Waals surface area contributed by atoms with E-state index in [1.165, 1.54) is 0 Å². The normalized spacial score (nSPS) is 11.9. The van der Waals surface area contributed by atoms with Gasteiger partial charge in [-0.05, 0) is 36.9 Å². The van der Waals surface area contributed by atoms with Crippen molar-refractivity contribution in [2.45, 2.75) is 26.3 Å². The maximum absolute atomic E-state index is 12.3. The van der Waals surface area contributed by atoms with Crippen molar-refractivity contribution in [3.05, 3.63) is 45.8 Å². The zero-order chi connectivity index (χ0) is 14.5. The van der Waals surface area contributed by atoms with Crippen LogP contribution < -0.4 is 10.6 Å². The molecule has 1 atom stereocenters. The molecule has 2 aromatic rings. The minimum absolute atomic E-state index is 0.0128. The molecule has 0 aliphatic carbocycles.